The van der Waals surface area contributed by atoms with Gasteiger partial charge in [0.15, 0.2) is 0 Å². The van der Waals surface area contributed by atoms with E-state index < -0.39 is 5.97 Å². The first-order valence-corrected chi connectivity index (χ1v) is 6.60. The summed E-state index contributed by atoms with van der Waals surface area (Å²) in [5, 5.41) is 0. The third-order valence-electron chi connectivity index (χ3n) is 2.59. The maximum Gasteiger partial charge on any atom is 0.342 e. The Balaban J connectivity index is 2.07. The minimum absolute atomic E-state index is 0.0969. The molecule has 2 aromatic rings. The molecule has 5 nitrogen and oxygen atoms in total. The highest BCUT2D eigenvalue weighted by Gasteiger charge is 2.14. The fraction of sp³-hybridized carbons (Fsp3) is 0.143. The van der Waals surface area contributed by atoms with Crippen LogP contribution in [0.1, 0.15) is 16.1 Å². The number of rotatable bonds is 4. The number of methoxy groups -OCH3 is 1. The number of halogens is 1. The number of ether oxygens (including phenoxy) is 2. The molecular weight excluding hydrogens is 324 g/mol. The van der Waals surface area contributed by atoms with Crippen molar-refractivity contribution in [1.29, 1.82) is 0 Å². The molecule has 1 aromatic carbocycles. The molecule has 20 heavy (non-hydrogen) atoms. The SMILES string of the molecule is COc1cc(N)ccc1C(=O)OCc1ccc(Br)cn1. The molecule has 104 valence electrons. The van der Waals surface area contributed by atoms with Crippen molar-refractivity contribution in [1.82, 2.24) is 4.98 Å². The summed E-state index contributed by atoms with van der Waals surface area (Å²) in [6.45, 7) is 0.0969. The Morgan fingerprint density at radius 3 is 2.80 bits per heavy atom. The topological polar surface area (TPSA) is 74.4 Å². The number of benzene rings is 1. The predicted octanol–water partition coefficient (Wildman–Crippen LogP) is 2.79. The van der Waals surface area contributed by atoms with Crippen LogP contribution in [0.3, 0.4) is 0 Å². The van der Waals surface area contributed by atoms with E-state index in [1.54, 1.807) is 30.5 Å². The highest BCUT2D eigenvalue weighted by atomic mass is 79.9. The van der Waals surface area contributed by atoms with Gasteiger partial charge in [0.25, 0.3) is 0 Å². The number of nitrogens with two attached hydrogens (primary N) is 1. The van der Waals surface area contributed by atoms with Crippen molar-refractivity contribution < 1.29 is 14.3 Å². The Hall–Kier alpha value is -2.08. The van der Waals surface area contributed by atoms with Crippen LogP contribution in [0.15, 0.2) is 41.0 Å². The van der Waals surface area contributed by atoms with Crippen LogP contribution in [-0.4, -0.2) is 18.1 Å². The van der Waals surface area contributed by atoms with E-state index in [1.807, 2.05) is 6.07 Å². The van der Waals surface area contributed by atoms with Gasteiger partial charge in [-0.05, 0) is 40.2 Å². The average molecular weight is 337 g/mol. The molecular formula is C14H13BrN2O3. The summed E-state index contributed by atoms with van der Waals surface area (Å²) in [5.74, 6) is -0.0923. The molecule has 0 unspecified atom stereocenters. The lowest BCUT2D eigenvalue weighted by Crippen LogP contribution is -2.08. The molecule has 0 fully saturated rings. The number of hydrogen-bond donors (Lipinski definition) is 1. The molecule has 1 heterocycles. The summed E-state index contributed by atoms with van der Waals surface area (Å²) in [7, 11) is 1.47. The molecule has 0 saturated carbocycles. The van der Waals surface area contributed by atoms with Gasteiger partial charge < -0.3 is 15.2 Å². The fourth-order valence-corrected chi connectivity index (χ4v) is 1.82. The minimum Gasteiger partial charge on any atom is -0.496 e. The van der Waals surface area contributed by atoms with Gasteiger partial charge in [0, 0.05) is 22.4 Å². The Labute approximate surface area is 124 Å². The fourth-order valence-electron chi connectivity index (χ4n) is 1.59. The van der Waals surface area contributed by atoms with Gasteiger partial charge in [0.05, 0.1) is 12.8 Å². The van der Waals surface area contributed by atoms with Crippen molar-refractivity contribution in [3.63, 3.8) is 0 Å². The lowest BCUT2D eigenvalue weighted by atomic mass is 10.2. The number of nitrogen functional groups attached to an aromatic ring is 1. The zero-order valence-electron chi connectivity index (χ0n) is 10.8. The summed E-state index contributed by atoms with van der Waals surface area (Å²) in [5.41, 5.74) is 7.15. The smallest absolute Gasteiger partial charge is 0.342 e. The molecule has 0 atom stereocenters. The molecule has 0 saturated heterocycles. The normalized spacial score (nSPS) is 10.1. The summed E-state index contributed by atoms with van der Waals surface area (Å²) in [6.07, 6.45) is 1.65. The van der Waals surface area contributed by atoms with E-state index >= 15 is 0 Å². The lowest BCUT2D eigenvalue weighted by molar-refractivity contribution is 0.0464. The number of nitrogens with zero attached hydrogens (tertiary/aromatic N) is 1. The second-order valence-electron chi connectivity index (χ2n) is 4.00. The van der Waals surface area contributed by atoms with E-state index in [4.69, 9.17) is 15.2 Å². The van der Waals surface area contributed by atoms with Crippen molar-refractivity contribution in [2.75, 3.05) is 12.8 Å². The van der Waals surface area contributed by atoms with Crippen molar-refractivity contribution in [2.45, 2.75) is 6.61 Å². The lowest BCUT2D eigenvalue weighted by Gasteiger charge is -2.09. The maximum absolute atomic E-state index is 12.0. The Morgan fingerprint density at radius 1 is 1.35 bits per heavy atom. The molecule has 0 radical (unpaired) electrons. The monoisotopic (exact) mass is 336 g/mol. The molecule has 0 amide bonds. The van der Waals surface area contributed by atoms with Crippen LogP contribution in [0.25, 0.3) is 0 Å². The van der Waals surface area contributed by atoms with E-state index in [-0.39, 0.29) is 6.61 Å². The Morgan fingerprint density at radius 2 is 2.15 bits per heavy atom. The molecule has 2 N–H and O–H groups in total. The highest BCUT2D eigenvalue weighted by Crippen LogP contribution is 2.22. The zero-order chi connectivity index (χ0) is 14.5. The van der Waals surface area contributed by atoms with Crippen LogP contribution in [0.5, 0.6) is 5.75 Å². The van der Waals surface area contributed by atoms with Crippen LogP contribution >= 0.6 is 15.9 Å². The summed E-state index contributed by atoms with van der Waals surface area (Å²) < 4.78 is 11.2. The van der Waals surface area contributed by atoms with Crippen LogP contribution < -0.4 is 10.5 Å². The summed E-state index contributed by atoms with van der Waals surface area (Å²) in [4.78, 5) is 16.1. The molecule has 0 bridgehead atoms. The molecule has 2 rings (SSSR count). The van der Waals surface area contributed by atoms with E-state index in [2.05, 4.69) is 20.9 Å². The van der Waals surface area contributed by atoms with Gasteiger partial charge in [-0.25, -0.2) is 4.79 Å². The van der Waals surface area contributed by atoms with Gasteiger partial charge in [-0.1, -0.05) is 0 Å². The van der Waals surface area contributed by atoms with Crippen molar-refractivity contribution in [3.05, 3.63) is 52.3 Å². The maximum atomic E-state index is 12.0. The van der Waals surface area contributed by atoms with E-state index in [9.17, 15) is 4.79 Å². The van der Waals surface area contributed by atoms with E-state index in [0.29, 0.717) is 22.7 Å². The van der Waals surface area contributed by atoms with E-state index in [0.717, 1.165) is 4.47 Å². The molecule has 0 aliphatic heterocycles. The van der Waals surface area contributed by atoms with Gasteiger partial charge in [-0.3, -0.25) is 4.98 Å². The third kappa shape index (κ3) is 3.48. The number of carbonyl (C=O) groups is 1. The minimum atomic E-state index is -0.480. The number of pyridine rings is 1. The largest absolute Gasteiger partial charge is 0.496 e. The van der Waals surface area contributed by atoms with Gasteiger partial charge in [-0.15, -0.1) is 0 Å². The number of anilines is 1. The van der Waals surface area contributed by atoms with Crippen LogP contribution in [0.4, 0.5) is 5.69 Å². The van der Waals surface area contributed by atoms with Crippen molar-refractivity contribution in [2.24, 2.45) is 0 Å². The van der Waals surface area contributed by atoms with E-state index in [1.165, 1.54) is 7.11 Å². The summed E-state index contributed by atoms with van der Waals surface area (Å²) >= 11 is 3.29. The Kier molecular flexibility index (Phi) is 4.57. The van der Waals surface area contributed by atoms with Crippen LogP contribution in [0.2, 0.25) is 0 Å². The second kappa shape index (κ2) is 6.38. The molecule has 0 aliphatic carbocycles. The van der Waals surface area contributed by atoms with Gasteiger partial charge >= 0.3 is 5.97 Å². The first kappa shape index (κ1) is 14.3. The number of carbonyl (C=O) groups excluding carboxylic acids is 1. The highest BCUT2D eigenvalue weighted by molar-refractivity contribution is 9.10. The van der Waals surface area contributed by atoms with Crippen molar-refractivity contribution in [3.8, 4) is 5.75 Å². The second-order valence-corrected chi connectivity index (χ2v) is 4.92. The standard InChI is InChI=1S/C14H13BrN2O3/c1-19-13-6-10(16)3-5-12(13)14(18)20-8-11-4-2-9(15)7-17-11/h2-7H,8,16H2,1H3. The summed E-state index contributed by atoms with van der Waals surface area (Å²) in [6, 6.07) is 8.38. The van der Waals surface area contributed by atoms with Gasteiger partial charge in [0.2, 0.25) is 0 Å². The number of hydrogen-bond acceptors (Lipinski definition) is 5. The number of aromatic nitrogens is 1. The molecule has 6 heteroatoms. The zero-order valence-corrected chi connectivity index (χ0v) is 12.4. The molecule has 0 aliphatic rings. The average Bonchev–Trinajstić information content (AvgIpc) is 2.46. The first-order chi connectivity index (χ1) is 9.60. The van der Waals surface area contributed by atoms with Crippen molar-refractivity contribution >= 4 is 27.6 Å². The van der Waals surface area contributed by atoms with Gasteiger partial charge in [-0.2, -0.15) is 0 Å². The Bertz CT molecular complexity index is 614. The van der Waals surface area contributed by atoms with Gasteiger partial charge in [0.1, 0.15) is 17.9 Å². The quantitative estimate of drug-likeness (QED) is 0.686. The van der Waals surface area contributed by atoms with Crippen LogP contribution in [-0.2, 0) is 11.3 Å². The van der Waals surface area contributed by atoms with Crippen LogP contribution in [0, 0.1) is 0 Å². The molecule has 1 aromatic heterocycles. The first-order valence-electron chi connectivity index (χ1n) is 5.81. The number of esters is 1. The predicted molar refractivity (Wildman–Crippen MR) is 78.5 cm³/mol. The molecule has 0 spiro atoms. The third-order valence-corrected chi connectivity index (χ3v) is 3.05.